The molecule has 10 heavy (non-hydrogen) atoms. The molecule has 0 N–H and O–H groups in total. The lowest BCUT2D eigenvalue weighted by Gasteiger charge is -2.43. The fourth-order valence-corrected chi connectivity index (χ4v) is 1.82. The maximum atomic E-state index is 5.10. The average molecular weight is 142 g/mol. The molecule has 0 bridgehead atoms. The second-order valence-corrected chi connectivity index (χ2v) is 3.58. The van der Waals surface area contributed by atoms with Crippen molar-refractivity contribution >= 4 is 0 Å². The van der Waals surface area contributed by atoms with Gasteiger partial charge in [0.25, 0.3) is 0 Å². The van der Waals surface area contributed by atoms with Crippen molar-refractivity contribution in [1.29, 1.82) is 0 Å². The first-order chi connectivity index (χ1) is 4.81. The Labute approximate surface area is 61.4 Å². The molecular weight excluding hydrogens is 128 g/mol. The zero-order chi connectivity index (χ0) is 7.03. The SMILES string of the molecule is CC12CCCCCC1OO2. The molecule has 2 aliphatic rings. The summed E-state index contributed by atoms with van der Waals surface area (Å²) in [6, 6.07) is 0. The van der Waals surface area contributed by atoms with Crippen molar-refractivity contribution < 1.29 is 9.78 Å². The molecule has 1 aliphatic heterocycles. The maximum Gasteiger partial charge on any atom is 0.130 e. The molecule has 2 fully saturated rings. The molecule has 0 radical (unpaired) electrons. The minimum atomic E-state index is 0.0799. The molecule has 0 aromatic heterocycles. The molecule has 1 aliphatic carbocycles. The molecule has 1 heterocycles. The van der Waals surface area contributed by atoms with E-state index in [2.05, 4.69) is 6.92 Å². The van der Waals surface area contributed by atoms with Gasteiger partial charge in [0.15, 0.2) is 0 Å². The van der Waals surface area contributed by atoms with Crippen molar-refractivity contribution in [2.75, 3.05) is 0 Å². The Balaban J connectivity index is 2.03. The number of fused-ring (bicyclic) bond motifs is 1. The first kappa shape index (κ1) is 6.62. The van der Waals surface area contributed by atoms with Gasteiger partial charge in [-0.15, -0.1) is 0 Å². The highest BCUT2D eigenvalue weighted by molar-refractivity contribution is 4.90. The van der Waals surface area contributed by atoms with Crippen LogP contribution in [0.25, 0.3) is 0 Å². The summed E-state index contributed by atoms with van der Waals surface area (Å²) in [7, 11) is 0. The minimum Gasteiger partial charge on any atom is -0.230 e. The van der Waals surface area contributed by atoms with Gasteiger partial charge in [-0.2, -0.15) is 0 Å². The van der Waals surface area contributed by atoms with E-state index in [1.54, 1.807) is 0 Å². The summed E-state index contributed by atoms with van der Waals surface area (Å²) >= 11 is 0. The normalized spacial score (nSPS) is 47.1. The Bertz CT molecular complexity index is 135. The van der Waals surface area contributed by atoms with E-state index < -0.39 is 0 Å². The molecule has 2 nitrogen and oxygen atoms in total. The van der Waals surface area contributed by atoms with Gasteiger partial charge in [-0.25, -0.2) is 9.78 Å². The lowest BCUT2D eigenvalue weighted by molar-refractivity contribution is -0.506. The van der Waals surface area contributed by atoms with Gasteiger partial charge in [0.1, 0.15) is 11.7 Å². The minimum absolute atomic E-state index is 0.0799. The van der Waals surface area contributed by atoms with Crippen LogP contribution in [0, 0.1) is 0 Å². The molecule has 0 aromatic carbocycles. The highest BCUT2D eigenvalue weighted by Gasteiger charge is 2.47. The highest BCUT2D eigenvalue weighted by Crippen LogP contribution is 2.39. The monoisotopic (exact) mass is 142 g/mol. The van der Waals surface area contributed by atoms with E-state index in [0.717, 1.165) is 0 Å². The molecule has 2 heteroatoms. The predicted molar refractivity (Wildman–Crippen MR) is 37.4 cm³/mol. The van der Waals surface area contributed by atoms with Crippen LogP contribution < -0.4 is 0 Å². The van der Waals surface area contributed by atoms with Gasteiger partial charge in [-0.1, -0.05) is 19.3 Å². The van der Waals surface area contributed by atoms with Gasteiger partial charge in [-0.3, -0.25) is 0 Å². The number of hydrogen-bond acceptors (Lipinski definition) is 2. The second-order valence-electron chi connectivity index (χ2n) is 3.58. The van der Waals surface area contributed by atoms with Crippen molar-refractivity contribution in [3.05, 3.63) is 0 Å². The van der Waals surface area contributed by atoms with Gasteiger partial charge < -0.3 is 0 Å². The summed E-state index contributed by atoms with van der Waals surface area (Å²) in [6.07, 6.45) is 6.72. The first-order valence-electron chi connectivity index (χ1n) is 4.16. The van der Waals surface area contributed by atoms with Gasteiger partial charge in [0.05, 0.1) is 0 Å². The summed E-state index contributed by atoms with van der Waals surface area (Å²) in [5.74, 6) is 0. The Morgan fingerprint density at radius 2 is 2.20 bits per heavy atom. The molecule has 2 rings (SSSR count). The number of rotatable bonds is 0. The van der Waals surface area contributed by atoms with Crippen LogP contribution in [0.15, 0.2) is 0 Å². The molecule has 1 saturated carbocycles. The van der Waals surface area contributed by atoms with Crippen molar-refractivity contribution in [3.63, 3.8) is 0 Å². The highest BCUT2D eigenvalue weighted by atomic mass is 17.3. The summed E-state index contributed by atoms with van der Waals surface area (Å²) in [5.41, 5.74) is 0.0799. The van der Waals surface area contributed by atoms with E-state index >= 15 is 0 Å². The smallest absolute Gasteiger partial charge is 0.130 e. The fourth-order valence-electron chi connectivity index (χ4n) is 1.82. The Morgan fingerprint density at radius 1 is 1.30 bits per heavy atom. The van der Waals surface area contributed by atoms with Gasteiger partial charge in [-0.05, 0) is 19.8 Å². The third kappa shape index (κ3) is 0.867. The average Bonchev–Trinajstić information content (AvgIpc) is 2.01. The van der Waals surface area contributed by atoms with E-state index in [-0.39, 0.29) is 5.60 Å². The molecular formula is C8H14O2. The van der Waals surface area contributed by atoms with Crippen LogP contribution in [-0.2, 0) is 9.78 Å². The Kier molecular flexibility index (Phi) is 1.46. The Hall–Kier alpha value is -0.0800. The van der Waals surface area contributed by atoms with Crippen LogP contribution in [-0.4, -0.2) is 11.7 Å². The molecule has 2 unspecified atom stereocenters. The number of hydrogen-bond donors (Lipinski definition) is 0. The lowest BCUT2D eigenvalue weighted by Crippen LogP contribution is -2.53. The van der Waals surface area contributed by atoms with E-state index in [9.17, 15) is 0 Å². The largest absolute Gasteiger partial charge is 0.230 e. The first-order valence-corrected chi connectivity index (χ1v) is 4.16. The standard InChI is InChI=1S/C8H14O2/c1-8-6-4-2-3-5-7(8)9-10-8/h7H,2-6H2,1H3. The summed E-state index contributed by atoms with van der Waals surface area (Å²) < 4.78 is 0. The van der Waals surface area contributed by atoms with Gasteiger partial charge in [0, 0.05) is 0 Å². The van der Waals surface area contributed by atoms with Gasteiger partial charge in [0.2, 0.25) is 0 Å². The zero-order valence-corrected chi connectivity index (χ0v) is 6.43. The summed E-state index contributed by atoms with van der Waals surface area (Å²) in [6.45, 7) is 2.16. The van der Waals surface area contributed by atoms with Crippen LogP contribution in [0.4, 0.5) is 0 Å². The molecule has 0 amide bonds. The lowest BCUT2D eigenvalue weighted by atomic mass is 9.92. The predicted octanol–water partition coefficient (Wildman–Crippen LogP) is 2.04. The van der Waals surface area contributed by atoms with Crippen LogP contribution in [0.3, 0.4) is 0 Å². The van der Waals surface area contributed by atoms with E-state index in [1.165, 1.54) is 32.1 Å². The van der Waals surface area contributed by atoms with Crippen LogP contribution in [0.1, 0.15) is 39.0 Å². The van der Waals surface area contributed by atoms with Crippen molar-refractivity contribution in [2.45, 2.75) is 50.7 Å². The molecule has 0 aromatic rings. The van der Waals surface area contributed by atoms with E-state index in [1.807, 2.05) is 0 Å². The quantitative estimate of drug-likeness (QED) is 0.482. The van der Waals surface area contributed by atoms with Gasteiger partial charge >= 0.3 is 0 Å². The molecule has 1 saturated heterocycles. The van der Waals surface area contributed by atoms with Crippen LogP contribution in [0.2, 0.25) is 0 Å². The maximum absolute atomic E-state index is 5.10. The van der Waals surface area contributed by atoms with Crippen molar-refractivity contribution in [1.82, 2.24) is 0 Å². The summed E-state index contributed by atoms with van der Waals surface area (Å²) in [5, 5.41) is 0. The van der Waals surface area contributed by atoms with Crippen LogP contribution >= 0.6 is 0 Å². The molecule has 2 atom stereocenters. The van der Waals surface area contributed by atoms with Crippen LogP contribution in [0.5, 0.6) is 0 Å². The second kappa shape index (κ2) is 2.21. The zero-order valence-electron chi connectivity index (χ0n) is 6.43. The van der Waals surface area contributed by atoms with Crippen molar-refractivity contribution in [3.8, 4) is 0 Å². The fraction of sp³-hybridized carbons (Fsp3) is 1.00. The van der Waals surface area contributed by atoms with E-state index in [0.29, 0.717) is 6.10 Å². The Morgan fingerprint density at radius 3 is 2.90 bits per heavy atom. The third-order valence-electron chi connectivity index (χ3n) is 2.68. The van der Waals surface area contributed by atoms with Crippen molar-refractivity contribution in [2.24, 2.45) is 0 Å². The molecule has 0 spiro atoms. The summed E-state index contributed by atoms with van der Waals surface area (Å²) in [4.78, 5) is 10.1. The topological polar surface area (TPSA) is 18.5 Å². The van der Waals surface area contributed by atoms with E-state index in [4.69, 9.17) is 9.78 Å². The molecule has 58 valence electrons. The third-order valence-corrected chi connectivity index (χ3v) is 2.68.